The monoisotopic (exact) mass is 600 g/mol. The number of hydrogen-bond donors (Lipinski definition) is 3. The molecule has 42 heavy (non-hydrogen) atoms. The van der Waals surface area contributed by atoms with Crippen molar-refractivity contribution in [2.24, 2.45) is 5.41 Å². The summed E-state index contributed by atoms with van der Waals surface area (Å²) in [4.78, 5) is 53.1. The van der Waals surface area contributed by atoms with E-state index in [-0.39, 0.29) is 50.9 Å². The summed E-state index contributed by atoms with van der Waals surface area (Å²) < 4.78 is 10.8. The van der Waals surface area contributed by atoms with E-state index < -0.39 is 29.2 Å². The predicted octanol–water partition coefficient (Wildman–Crippen LogP) is 5.29. The van der Waals surface area contributed by atoms with Crippen molar-refractivity contribution in [1.29, 1.82) is 0 Å². The van der Waals surface area contributed by atoms with E-state index in [2.05, 4.69) is 16.0 Å². The Balaban J connectivity index is 1.66. The van der Waals surface area contributed by atoms with Crippen molar-refractivity contribution < 1.29 is 28.7 Å². The summed E-state index contributed by atoms with van der Waals surface area (Å²) in [5.74, 6) is -0.588. The lowest BCUT2D eigenvalue weighted by Gasteiger charge is -2.40. The SMILES string of the molecule is CCc1ccc(NC(=O)OCC2(C(=O)NCc3ccccc3Cl)CCN(C(=O)[C@@H](C)NC(=O)OC(C)(C)C)CC2)cc1. The molecule has 0 bridgehead atoms. The van der Waals surface area contributed by atoms with Gasteiger partial charge < -0.3 is 25.0 Å². The van der Waals surface area contributed by atoms with Gasteiger partial charge in [-0.3, -0.25) is 14.9 Å². The van der Waals surface area contributed by atoms with Crippen LogP contribution in [0, 0.1) is 5.41 Å². The second-order valence-corrected chi connectivity index (χ2v) is 11.9. The van der Waals surface area contributed by atoms with Crippen molar-refractivity contribution in [3.63, 3.8) is 0 Å². The zero-order valence-corrected chi connectivity index (χ0v) is 25.7. The van der Waals surface area contributed by atoms with E-state index in [4.69, 9.17) is 21.1 Å². The number of hydrogen-bond acceptors (Lipinski definition) is 6. The molecule has 1 saturated heterocycles. The summed E-state index contributed by atoms with van der Waals surface area (Å²) in [6.45, 7) is 9.36. The van der Waals surface area contributed by atoms with Crippen LogP contribution >= 0.6 is 11.6 Å². The van der Waals surface area contributed by atoms with Crippen LogP contribution < -0.4 is 16.0 Å². The number of nitrogens with one attached hydrogen (secondary N) is 3. The Labute approximate surface area is 252 Å². The number of aryl methyl sites for hydroxylation is 1. The standard InChI is InChI=1S/C31H41ClN4O6/c1-6-22-11-13-24(14-12-22)35-28(39)41-20-31(27(38)33-19-23-9-7-8-10-25(23)32)15-17-36(18-16-31)26(37)21(2)34-29(40)42-30(3,4)5/h7-14,21H,6,15-20H2,1-5H3,(H,33,38)(H,34,40)(H,35,39)/t21-/m1/s1. The van der Waals surface area contributed by atoms with Gasteiger partial charge in [-0.05, 0) is 76.3 Å². The lowest BCUT2D eigenvalue weighted by Crippen LogP contribution is -2.55. The lowest BCUT2D eigenvalue weighted by atomic mass is 9.78. The number of benzene rings is 2. The first-order chi connectivity index (χ1) is 19.8. The maximum absolute atomic E-state index is 13.6. The summed E-state index contributed by atoms with van der Waals surface area (Å²) in [5, 5.41) is 8.74. The second-order valence-electron chi connectivity index (χ2n) is 11.5. The maximum Gasteiger partial charge on any atom is 0.411 e. The molecule has 1 heterocycles. The largest absolute Gasteiger partial charge is 0.448 e. The van der Waals surface area contributed by atoms with Crippen LogP contribution in [0.2, 0.25) is 5.02 Å². The first-order valence-corrected chi connectivity index (χ1v) is 14.5. The number of rotatable bonds is 9. The molecule has 1 aliphatic heterocycles. The minimum Gasteiger partial charge on any atom is -0.448 e. The molecule has 0 aromatic heterocycles. The van der Waals surface area contributed by atoms with Crippen LogP contribution in [0.5, 0.6) is 0 Å². The molecule has 0 spiro atoms. The average molecular weight is 601 g/mol. The molecule has 4 amide bonds. The number of ether oxygens (including phenoxy) is 2. The molecule has 0 unspecified atom stereocenters. The number of amides is 4. The average Bonchev–Trinajstić information content (AvgIpc) is 2.94. The van der Waals surface area contributed by atoms with Crippen molar-refractivity contribution >= 4 is 41.3 Å². The maximum atomic E-state index is 13.6. The molecule has 10 nitrogen and oxygen atoms in total. The van der Waals surface area contributed by atoms with Gasteiger partial charge in [0.05, 0.1) is 5.41 Å². The third kappa shape index (κ3) is 9.37. The van der Waals surface area contributed by atoms with E-state index in [9.17, 15) is 19.2 Å². The molecule has 228 valence electrons. The van der Waals surface area contributed by atoms with Crippen molar-refractivity contribution in [1.82, 2.24) is 15.5 Å². The van der Waals surface area contributed by atoms with E-state index in [1.807, 2.05) is 37.3 Å². The molecule has 2 aromatic carbocycles. The Morgan fingerprint density at radius 1 is 1.00 bits per heavy atom. The molecule has 2 aromatic rings. The molecular formula is C31H41ClN4O6. The van der Waals surface area contributed by atoms with Gasteiger partial charge in [0.15, 0.2) is 0 Å². The van der Waals surface area contributed by atoms with Crippen LogP contribution in [-0.2, 0) is 32.0 Å². The topological polar surface area (TPSA) is 126 Å². The van der Waals surface area contributed by atoms with Gasteiger partial charge in [0.25, 0.3) is 0 Å². The quantitative estimate of drug-likeness (QED) is 0.359. The van der Waals surface area contributed by atoms with Gasteiger partial charge in [-0.2, -0.15) is 0 Å². The summed E-state index contributed by atoms with van der Waals surface area (Å²) >= 11 is 6.27. The number of likely N-dealkylation sites (tertiary alicyclic amines) is 1. The van der Waals surface area contributed by atoms with E-state index in [1.54, 1.807) is 50.8 Å². The van der Waals surface area contributed by atoms with Crippen molar-refractivity contribution in [2.45, 2.75) is 72.1 Å². The first-order valence-electron chi connectivity index (χ1n) is 14.1. The predicted molar refractivity (Wildman–Crippen MR) is 161 cm³/mol. The minimum atomic E-state index is -1.07. The van der Waals surface area contributed by atoms with Crippen LogP contribution in [0.3, 0.4) is 0 Å². The van der Waals surface area contributed by atoms with Gasteiger partial charge >= 0.3 is 12.2 Å². The third-order valence-electron chi connectivity index (χ3n) is 7.10. The van der Waals surface area contributed by atoms with E-state index >= 15 is 0 Å². The lowest BCUT2D eigenvalue weighted by molar-refractivity contribution is -0.143. The molecule has 0 aliphatic carbocycles. The number of piperidine rings is 1. The number of halogens is 1. The van der Waals surface area contributed by atoms with Gasteiger partial charge in [-0.15, -0.1) is 0 Å². The Morgan fingerprint density at radius 2 is 1.64 bits per heavy atom. The highest BCUT2D eigenvalue weighted by molar-refractivity contribution is 6.31. The van der Waals surface area contributed by atoms with Crippen LogP contribution in [-0.4, -0.2) is 60.2 Å². The Morgan fingerprint density at radius 3 is 2.24 bits per heavy atom. The van der Waals surface area contributed by atoms with Gasteiger partial charge in [0.2, 0.25) is 11.8 Å². The first kappa shape index (κ1) is 32.7. The second kappa shape index (κ2) is 14.4. The molecule has 0 radical (unpaired) electrons. The Bertz CT molecular complexity index is 1250. The van der Waals surface area contributed by atoms with E-state index in [0.29, 0.717) is 10.7 Å². The van der Waals surface area contributed by atoms with Crippen molar-refractivity contribution in [3.05, 3.63) is 64.7 Å². The Hall–Kier alpha value is -3.79. The molecule has 3 rings (SSSR count). The fraction of sp³-hybridized carbons (Fsp3) is 0.484. The molecule has 1 atom stereocenters. The van der Waals surface area contributed by atoms with Crippen LogP contribution in [0.15, 0.2) is 48.5 Å². The van der Waals surface area contributed by atoms with E-state index in [1.165, 1.54) is 0 Å². The summed E-state index contributed by atoms with van der Waals surface area (Å²) in [5.41, 5.74) is 0.719. The van der Waals surface area contributed by atoms with Crippen molar-refractivity contribution in [3.8, 4) is 0 Å². The molecule has 1 fully saturated rings. The van der Waals surface area contributed by atoms with Gasteiger partial charge in [0.1, 0.15) is 18.2 Å². The number of carbonyl (C=O) groups excluding carboxylic acids is 4. The zero-order valence-electron chi connectivity index (χ0n) is 24.9. The highest BCUT2D eigenvalue weighted by Crippen LogP contribution is 2.33. The summed E-state index contributed by atoms with van der Waals surface area (Å²) in [6.07, 6.45) is 0.0325. The highest BCUT2D eigenvalue weighted by Gasteiger charge is 2.44. The fourth-order valence-corrected chi connectivity index (χ4v) is 4.80. The van der Waals surface area contributed by atoms with E-state index in [0.717, 1.165) is 17.5 Å². The summed E-state index contributed by atoms with van der Waals surface area (Å²) in [7, 11) is 0. The molecule has 3 N–H and O–H groups in total. The molecular weight excluding hydrogens is 560 g/mol. The van der Waals surface area contributed by atoms with Gasteiger partial charge in [-0.1, -0.05) is 48.9 Å². The number of alkyl carbamates (subject to hydrolysis) is 1. The Kier molecular flexibility index (Phi) is 11.2. The highest BCUT2D eigenvalue weighted by atomic mass is 35.5. The number of nitrogens with zero attached hydrogens (tertiary/aromatic N) is 1. The third-order valence-corrected chi connectivity index (χ3v) is 7.47. The molecule has 11 heteroatoms. The van der Waals surface area contributed by atoms with Crippen LogP contribution in [0.1, 0.15) is 58.6 Å². The normalized spacial score (nSPS) is 15.2. The van der Waals surface area contributed by atoms with Crippen molar-refractivity contribution in [2.75, 3.05) is 25.0 Å². The fourth-order valence-electron chi connectivity index (χ4n) is 4.60. The number of carbonyl (C=O) groups is 4. The van der Waals surface area contributed by atoms with Crippen LogP contribution in [0.4, 0.5) is 15.3 Å². The van der Waals surface area contributed by atoms with Gasteiger partial charge in [-0.25, -0.2) is 9.59 Å². The zero-order chi connectivity index (χ0) is 30.9. The smallest absolute Gasteiger partial charge is 0.411 e. The minimum absolute atomic E-state index is 0.173. The van der Waals surface area contributed by atoms with Crippen LogP contribution in [0.25, 0.3) is 0 Å². The molecule has 0 saturated carbocycles. The van der Waals surface area contributed by atoms with Gasteiger partial charge in [0, 0.05) is 30.3 Å². The summed E-state index contributed by atoms with van der Waals surface area (Å²) in [6, 6.07) is 13.8. The number of anilines is 1. The molecule has 1 aliphatic rings.